The number of rotatable bonds is 6. The van der Waals surface area contributed by atoms with Crippen LogP contribution in [0.15, 0.2) is 48.5 Å². The average Bonchev–Trinajstić information content (AvgIpc) is 2.80. The molecule has 0 spiro atoms. The maximum absolute atomic E-state index is 13.2. The summed E-state index contributed by atoms with van der Waals surface area (Å²) in [7, 11) is 0. The highest BCUT2D eigenvalue weighted by Gasteiger charge is 2.44. The molecule has 9 heteroatoms. The summed E-state index contributed by atoms with van der Waals surface area (Å²) in [6, 6.07) is 11.5. The number of benzene rings is 2. The largest absolute Gasteiger partial charge is 0.338 e. The summed E-state index contributed by atoms with van der Waals surface area (Å²) in [5.41, 5.74) is 12.3. The molecule has 0 radical (unpaired) electrons. The van der Waals surface area contributed by atoms with Crippen molar-refractivity contribution >= 4 is 11.8 Å². The summed E-state index contributed by atoms with van der Waals surface area (Å²) in [5, 5.41) is 10.9. The first-order valence-corrected chi connectivity index (χ1v) is 9.42. The second-order valence-corrected chi connectivity index (χ2v) is 7.03. The van der Waals surface area contributed by atoms with Crippen LogP contribution in [0.1, 0.15) is 34.0 Å². The summed E-state index contributed by atoms with van der Waals surface area (Å²) in [5.74, 6) is 9.05. The average molecular weight is 440 g/mol. The molecule has 0 aliphatic rings. The minimum Gasteiger partial charge on any atom is -0.338 e. The van der Waals surface area contributed by atoms with Crippen LogP contribution in [0.25, 0.3) is 0 Å². The lowest BCUT2D eigenvalue weighted by Crippen LogP contribution is -2.66. The van der Waals surface area contributed by atoms with Gasteiger partial charge in [-0.3, -0.25) is 14.8 Å². The van der Waals surface area contributed by atoms with Crippen molar-refractivity contribution in [2.24, 2.45) is 11.5 Å². The first-order chi connectivity index (χ1) is 15.2. The molecule has 0 aromatic heterocycles. The Balaban J connectivity index is 2.08. The zero-order valence-corrected chi connectivity index (χ0v) is 17.2. The van der Waals surface area contributed by atoms with Gasteiger partial charge in [-0.25, -0.2) is 14.3 Å². The number of alkyl halides is 2. The van der Waals surface area contributed by atoms with E-state index in [0.29, 0.717) is 12.1 Å². The summed E-state index contributed by atoms with van der Waals surface area (Å²) in [6.45, 7) is 1.35. The smallest absolute Gasteiger partial charge is 0.268 e. The molecule has 2 atom stereocenters. The van der Waals surface area contributed by atoms with E-state index < -0.39 is 29.8 Å². The Hall–Kier alpha value is -3.76. The molecule has 0 fully saturated rings. The van der Waals surface area contributed by atoms with E-state index >= 15 is 0 Å². The zero-order chi connectivity index (χ0) is 23.7. The van der Waals surface area contributed by atoms with Crippen molar-refractivity contribution in [3.63, 3.8) is 0 Å². The van der Waals surface area contributed by atoms with Gasteiger partial charge in [0.1, 0.15) is 11.6 Å². The lowest BCUT2D eigenvalue weighted by Gasteiger charge is -2.32. The minimum atomic E-state index is -3.14. The van der Waals surface area contributed by atoms with Crippen LogP contribution in [0.2, 0.25) is 0 Å². The van der Waals surface area contributed by atoms with Crippen LogP contribution >= 0.6 is 0 Å². The Morgan fingerprint density at radius 3 is 1.97 bits per heavy atom. The topological polar surface area (TPSA) is 130 Å². The van der Waals surface area contributed by atoms with Gasteiger partial charge in [0.2, 0.25) is 0 Å². The van der Waals surface area contributed by atoms with E-state index in [2.05, 4.69) is 29.0 Å². The molecule has 0 aliphatic carbocycles. The van der Waals surface area contributed by atoms with Gasteiger partial charge >= 0.3 is 0 Å². The van der Waals surface area contributed by atoms with Gasteiger partial charge < -0.3 is 16.8 Å². The summed E-state index contributed by atoms with van der Waals surface area (Å²) >= 11 is 0. The molecule has 0 saturated carbocycles. The summed E-state index contributed by atoms with van der Waals surface area (Å²) < 4.78 is 26.4. The molecular formula is C23H22F2N4O3. The van der Waals surface area contributed by atoms with Crippen molar-refractivity contribution in [3.05, 3.63) is 70.8 Å². The van der Waals surface area contributed by atoms with E-state index in [1.54, 1.807) is 0 Å². The molecule has 7 nitrogen and oxygen atoms in total. The molecule has 166 valence electrons. The molecule has 7 N–H and O–H groups in total. The third-order valence-electron chi connectivity index (χ3n) is 4.55. The molecular weight excluding hydrogens is 418 g/mol. The van der Waals surface area contributed by atoms with E-state index in [0.717, 1.165) is 18.1 Å². The van der Waals surface area contributed by atoms with Gasteiger partial charge in [-0.05, 0) is 60.7 Å². The van der Waals surface area contributed by atoms with Crippen LogP contribution in [-0.2, 0) is 11.3 Å². The van der Waals surface area contributed by atoms with Gasteiger partial charge in [-0.1, -0.05) is 24.0 Å². The monoisotopic (exact) mass is 440 g/mol. The highest BCUT2D eigenvalue weighted by Crippen LogP contribution is 2.18. The fraction of sp³-hybridized carbons (Fsp3) is 0.217. The molecule has 2 amide bonds. The van der Waals surface area contributed by atoms with Crippen molar-refractivity contribution < 1.29 is 23.6 Å². The van der Waals surface area contributed by atoms with Crippen LogP contribution in [0.5, 0.6) is 0 Å². The molecule has 2 rings (SSSR count). The van der Waals surface area contributed by atoms with E-state index in [-0.39, 0.29) is 5.56 Å². The third-order valence-corrected chi connectivity index (χ3v) is 4.55. The SMILES string of the molecule is CC(N)(C(F)F)[C@H](NC(=O)c1ccc(C#CC#Cc2ccc(CN)cc2)cc1)C(=O)NO. The second-order valence-electron chi connectivity index (χ2n) is 7.03. The molecule has 1 unspecified atom stereocenters. The van der Waals surface area contributed by atoms with Crippen LogP contribution in [0.4, 0.5) is 8.78 Å². The van der Waals surface area contributed by atoms with E-state index in [4.69, 9.17) is 16.7 Å². The standard InChI is InChI=1S/C23H22F2N4O3/c1-23(27,22(24)25)19(21(31)29-32)28-20(30)18-12-10-16(11-13-18)5-3-2-4-15-6-8-17(14-26)9-7-15/h6-13,19,22,32H,14,26-27H2,1H3,(H,28,30)(H,29,31)/t19-,23?/m1/s1. The maximum Gasteiger partial charge on any atom is 0.268 e. The summed E-state index contributed by atoms with van der Waals surface area (Å²) in [4.78, 5) is 24.1. The van der Waals surface area contributed by atoms with Crippen LogP contribution in [0, 0.1) is 23.7 Å². The van der Waals surface area contributed by atoms with Gasteiger partial charge in [0.25, 0.3) is 18.2 Å². The zero-order valence-electron chi connectivity index (χ0n) is 17.2. The minimum absolute atomic E-state index is 0.0856. The van der Waals surface area contributed by atoms with Gasteiger partial charge in [0, 0.05) is 23.2 Å². The lowest BCUT2D eigenvalue weighted by molar-refractivity contribution is -0.134. The Bertz CT molecular complexity index is 1080. The fourth-order valence-corrected chi connectivity index (χ4v) is 2.54. The van der Waals surface area contributed by atoms with Crippen molar-refractivity contribution in [2.45, 2.75) is 31.5 Å². The highest BCUT2D eigenvalue weighted by atomic mass is 19.3. The molecule has 2 aromatic carbocycles. The number of amides is 2. The van der Waals surface area contributed by atoms with Crippen molar-refractivity contribution in [2.75, 3.05) is 0 Å². The number of hydrogen-bond acceptors (Lipinski definition) is 5. The van der Waals surface area contributed by atoms with Crippen LogP contribution in [0.3, 0.4) is 0 Å². The van der Waals surface area contributed by atoms with Crippen LogP contribution in [-0.4, -0.2) is 35.0 Å². The van der Waals surface area contributed by atoms with Gasteiger partial charge in [0.15, 0.2) is 0 Å². The van der Waals surface area contributed by atoms with E-state index in [1.165, 1.54) is 29.7 Å². The highest BCUT2D eigenvalue weighted by molar-refractivity contribution is 5.98. The van der Waals surface area contributed by atoms with E-state index in [1.807, 2.05) is 24.3 Å². The Kier molecular flexibility index (Phi) is 8.45. The van der Waals surface area contributed by atoms with Crippen molar-refractivity contribution in [1.82, 2.24) is 10.8 Å². The molecule has 32 heavy (non-hydrogen) atoms. The molecule has 2 aromatic rings. The van der Waals surface area contributed by atoms with E-state index in [9.17, 15) is 18.4 Å². The Morgan fingerprint density at radius 1 is 1.03 bits per heavy atom. The molecule has 0 saturated heterocycles. The number of carbonyl (C=O) groups excluding carboxylic acids is 2. The number of hydroxylamine groups is 1. The number of nitrogens with one attached hydrogen (secondary N) is 2. The normalized spacial score (nSPS) is 13.0. The Labute approximate surface area is 184 Å². The quantitative estimate of drug-likeness (QED) is 0.261. The fourth-order valence-electron chi connectivity index (χ4n) is 2.54. The predicted octanol–water partition coefficient (Wildman–Crippen LogP) is 1.13. The molecule has 0 heterocycles. The number of hydrogen-bond donors (Lipinski definition) is 5. The number of halogens is 2. The van der Waals surface area contributed by atoms with Crippen molar-refractivity contribution in [1.29, 1.82) is 0 Å². The second kappa shape index (κ2) is 11.0. The maximum atomic E-state index is 13.2. The lowest BCUT2D eigenvalue weighted by atomic mass is 9.92. The van der Waals surface area contributed by atoms with Gasteiger partial charge in [0.05, 0.1) is 0 Å². The number of nitrogens with two attached hydrogens (primary N) is 2. The first-order valence-electron chi connectivity index (χ1n) is 9.42. The summed E-state index contributed by atoms with van der Waals surface area (Å²) in [6.07, 6.45) is -3.14. The predicted molar refractivity (Wildman–Crippen MR) is 114 cm³/mol. The third kappa shape index (κ3) is 6.37. The van der Waals surface area contributed by atoms with Crippen LogP contribution < -0.4 is 22.3 Å². The van der Waals surface area contributed by atoms with Gasteiger partial charge in [-0.2, -0.15) is 0 Å². The van der Waals surface area contributed by atoms with Gasteiger partial charge in [-0.15, -0.1) is 0 Å². The Morgan fingerprint density at radius 2 is 1.53 bits per heavy atom. The molecule has 0 aliphatic heterocycles. The first kappa shape index (κ1) is 24.5. The number of carbonyl (C=O) groups is 2. The van der Waals surface area contributed by atoms with Crippen molar-refractivity contribution in [3.8, 4) is 23.7 Å². The molecule has 0 bridgehead atoms.